The van der Waals surface area contributed by atoms with Gasteiger partial charge in [0.1, 0.15) is 23.9 Å². The lowest BCUT2D eigenvalue weighted by Crippen LogP contribution is -2.08. The maximum absolute atomic E-state index is 13.1. The van der Waals surface area contributed by atoms with E-state index >= 15 is 0 Å². The molecule has 0 N–H and O–H groups in total. The van der Waals surface area contributed by atoms with Crippen molar-refractivity contribution in [3.63, 3.8) is 0 Å². The molecule has 0 spiro atoms. The van der Waals surface area contributed by atoms with Crippen molar-refractivity contribution in [1.29, 1.82) is 0 Å². The molecule has 3 rings (SSSR count). The Morgan fingerprint density at radius 3 is 2.25 bits per heavy atom. The van der Waals surface area contributed by atoms with Gasteiger partial charge in [0.15, 0.2) is 0 Å². The van der Waals surface area contributed by atoms with Gasteiger partial charge in [-0.25, -0.2) is 9.18 Å². The van der Waals surface area contributed by atoms with Gasteiger partial charge in [-0.2, -0.15) is 0 Å². The highest BCUT2D eigenvalue weighted by molar-refractivity contribution is 5.91. The molecule has 0 unspecified atom stereocenters. The van der Waals surface area contributed by atoms with Gasteiger partial charge >= 0.3 is 5.97 Å². The van der Waals surface area contributed by atoms with Gasteiger partial charge in [-0.05, 0) is 48.0 Å². The normalized spacial score (nSPS) is 10.2. The summed E-state index contributed by atoms with van der Waals surface area (Å²) in [7, 11) is 0. The van der Waals surface area contributed by atoms with E-state index in [4.69, 9.17) is 9.47 Å². The van der Waals surface area contributed by atoms with Crippen molar-refractivity contribution in [2.75, 3.05) is 0 Å². The summed E-state index contributed by atoms with van der Waals surface area (Å²) in [5.74, 6) is -0.0395. The zero-order valence-corrected chi connectivity index (χ0v) is 12.8. The van der Waals surface area contributed by atoms with Crippen LogP contribution in [-0.2, 0) is 6.61 Å². The van der Waals surface area contributed by atoms with Gasteiger partial charge in [0.2, 0.25) is 0 Å². The zero-order chi connectivity index (χ0) is 16.8. The highest BCUT2D eigenvalue weighted by atomic mass is 19.1. The Morgan fingerprint density at radius 1 is 0.833 bits per heavy atom. The van der Waals surface area contributed by atoms with Crippen LogP contribution < -0.4 is 9.47 Å². The van der Waals surface area contributed by atoms with E-state index in [0.29, 0.717) is 18.1 Å². The van der Waals surface area contributed by atoms with Crippen molar-refractivity contribution in [2.24, 2.45) is 0 Å². The highest BCUT2D eigenvalue weighted by Gasteiger charge is 2.09. The second-order valence-corrected chi connectivity index (χ2v) is 5.15. The molecule has 0 aromatic heterocycles. The lowest BCUT2D eigenvalue weighted by atomic mass is 10.2. The van der Waals surface area contributed by atoms with E-state index < -0.39 is 11.8 Å². The lowest BCUT2D eigenvalue weighted by molar-refractivity contribution is 0.0734. The van der Waals surface area contributed by atoms with E-state index in [-0.39, 0.29) is 5.56 Å². The Hall–Kier alpha value is -3.14. The molecule has 0 aliphatic rings. The maximum Gasteiger partial charge on any atom is 0.343 e. The van der Waals surface area contributed by atoms with Crippen molar-refractivity contribution in [3.8, 4) is 11.5 Å². The number of hydrogen-bond acceptors (Lipinski definition) is 3. The highest BCUT2D eigenvalue weighted by Crippen LogP contribution is 2.20. The van der Waals surface area contributed by atoms with Gasteiger partial charge in [0.05, 0.1) is 5.56 Å². The van der Waals surface area contributed by atoms with E-state index in [0.717, 1.165) is 11.6 Å². The van der Waals surface area contributed by atoms with Gasteiger partial charge in [-0.1, -0.05) is 36.4 Å². The van der Waals surface area contributed by atoms with Gasteiger partial charge in [-0.15, -0.1) is 0 Å². The first-order valence-electron chi connectivity index (χ1n) is 7.45. The van der Waals surface area contributed by atoms with Crippen LogP contribution in [0.15, 0.2) is 78.9 Å². The first-order chi connectivity index (χ1) is 11.7. The fourth-order valence-electron chi connectivity index (χ4n) is 2.13. The van der Waals surface area contributed by atoms with Crippen LogP contribution >= 0.6 is 0 Å². The van der Waals surface area contributed by atoms with Crippen molar-refractivity contribution < 1.29 is 18.7 Å². The minimum Gasteiger partial charge on any atom is -0.489 e. The van der Waals surface area contributed by atoms with Gasteiger partial charge in [0.25, 0.3) is 0 Å². The smallest absolute Gasteiger partial charge is 0.343 e. The first-order valence-corrected chi connectivity index (χ1v) is 7.45. The summed E-state index contributed by atoms with van der Waals surface area (Å²) < 4.78 is 24.0. The third kappa shape index (κ3) is 4.20. The number of rotatable bonds is 5. The van der Waals surface area contributed by atoms with Crippen molar-refractivity contribution in [3.05, 3.63) is 95.8 Å². The predicted octanol–water partition coefficient (Wildman–Crippen LogP) is 4.62. The largest absolute Gasteiger partial charge is 0.489 e. The number of ether oxygens (including phenoxy) is 2. The van der Waals surface area contributed by atoms with E-state index in [9.17, 15) is 9.18 Å². The molecule has 0 radical (unpaired) electrons. The molecule has 0 fully saturated rings. The average Bonchev–Trinajstić information content (AvgIpc) is 2.62. The number of esters is 1. The minimum atomic E-state index is -0.604. The van der Waals surface area contributed by atoms with Gasteiger partial charge < -0.3 is 9.47 Å². The van der Waals surface area contributed by atoms with Crippen LogP contribution in [0.1, 0.15) is 15.9 Å². The number of halogens is 1. The number of carbonyl (C=O) groups is 1. The Morgan fingerprint density at radius 2 is 1.54 bits per heavy atom. The molecule has 0 aliphatic carbocycles. The Bertz CT molecular complexity index is 814. The monoisotopic (exact) mass is 322 g/mol. The van der Waals surface area contributed by atoms with E-state index in [1.54, 1.807) is 24.3 Å². The van der Waals surface area contributed by atoms with Crippen LogP contribution in [0.25, 0.3) is 0 Å². The molecule has 0 heterocycles. The van der Waals surface area contributed by atoms with Crippen molar-refractivity contribution >= 4 is 5.97 Å². The molecule has 0 saturated carbocycles. The quantitative estimate of drug-likeness (QED) is 0.508. The fourth-order valence-corrected chi connectivity index (χ4v) is 2.13. The number of hydrogen-bond donors (Lipinski definition) is 0. The molecule has 3 nitrogen and oxygen atoms in total. The molecule has 4 heteroatoms. The van der Waals surface area contributed by atoms with Crippen LogP contribution in [-0.4, -0.2) is 5.97 Å². The Labute approximate surface area is 139 Å². The maximum atomic E-state index is 13.1. The molecule has 0 amide bonds. The summed E-state index contributed by atoms with van der Waals surface area (Å²) in [6.07, 6.45) is 0. The average molecular weight is 322 g/mol. The van der Waals surface area contributed by atoms with E-state index in [1.807, 2.05) is 30.3 Å². The lowest BCUT2D eigenvalue weighted by Gasteiger charge is -2.08. The van der Waals surface area contributed by atoms with Gasteiger partial charge in [-0.3, -0.25) is 0 Å². The molecule has 3 aromatic carbocycles. The molecular weight excluding hydrogens is 307 g/mol. The molecule has 0 bridgehead atoms. The van der Waals surface area contributed by atoms with E-state index in [1.165, 1.54) is 18.2 Å². The van der Waals surface area contributed by atoms with Crippen LogP contribution in [0.3, 0.4) is 0 Å². The topological polar surface area (TPSA) is 35.5 Å². The van der Waals surface area contributed by atoms with Crippen LogP contribution in [0, 0.1) is 5.82 Å². The Kier molecular flexibility index (Phi) is 4.87. The first kappa shape index (κ1) is 15.7. The molecule has 0 aliphatic heterocycles. The minimum absolute atomic E-state index is 0.166. The summed E-state index contributed by atoms with van der Waals surface area (Å²) in [6, 6.07) is 21.9. The molecule has 3 aromatic rings. The van der Waals surface area contributed by atoms with Crippen LogP contribution in [0.4, 0.5) is 4.39 Å². The van der Waals surface area contributed by atoms with Crippen molar-refractivity contribution in [2.45, 2.75) is 6.61 Å². The summed E-state index contributed by atoms with van der Waals surface area (Å²) >= 11 is 0. The third-order valence-electron chi connectivity index (χ3n) is 3.34. The Balaban J connectivity index is 1.59. The third-order valence-corrected chi connectivity index (χ3v) is 3.34. The van der Waals surface area contributed by atoms with Crippen molar-refractivity contribution in [1.82, 2.24) is 0 Å². The zero-order valence-electron chi connectivity index (χ0n) is 12.8. The molecular formula is C20H15FO3. The number of carbonyl (C=O) groups excluding carboxylic acids is 1. The molecule has 120 valence electrons. The molecule has 24 heavy (non-hydrogen) atoms. The van der Waals surface area contributed by atoms with Crippen LogP contribution in [0.2, 0.25) is 0 Å². The standard InChI is InChI=1S/C20H15FO3/c21-17-8-4-7-16(13-17)20(22)24-19-11-9-18(10-12-19)23-14-15-5-2-1-3-6-15/h1-13H,14H2. The van der Waals surface area contributed by atoms with E-state index in [2.05, 4.69) is 0 Å². The second kappa shape index (κ2) is 7.42. The fraction of sp³-hybridized carbons (Fsp3) is 0.0500. The summed E-state index contributed by atoms with van der Waals surface area (Å²) in [5, 5.41) is 0. The van der Waals surface area contributed by atoms with Crippen LogP contribution in [0.5, 0.6) is 11.5 Å². The molecule has 0 saturated heterocycles. The number of benzene rings is 3. The summed E-state index contributed by atoms with van der Waals surface area (Å²) in [4.78, 5) is 11.9. The predicted molar refractivity (Wildman–Crippen MR) is 88.6 cm³/mol. The van der Waals surface area contributed by atoms with Gasteiger partial charge in [0, 0.05) is 0 Å². The summed E-state index contributed by atoms with van der Waals surface area (Å²) in [5.41, 5.74) is 1.23. The SMILES string of the molecule is O=C(Oc1ccc(OCc2ccccc2)cc1)c1cccc(F)c1. The molecule has 0 atom stereocenters. The second-order valence-electron chi connectivity index (χ2n) is 5.15. The summed E-state index contributed by atoms with van der Waals surface area (Å²) in [6.45, 7) is 0.462.